The van der Waals surface area contributed by atoms with Gasteiger partial charge in [0.25, 0.3) is 5.91 Å². The van der Waals surface area contributed by atoms with Crippen molar-refractivity contribution in [2.75, 3.05) is 17.0 Å². The number of nitrogens with two attached hydrogens (primary N) is 1. The maximum atomic E-state index is 14.3. The SMILES string of the molecule is CSCN1C(=O)[C@@H](NC(=O)[C@H](CCCC(F)(F)F)[C@H](CCC(F)(F)F)C(N)=O)N=C(c2cccc(F)c2)c2cccc(C)c21. The van der Waals surface area contributed by atoms with Gasteiger partial charge in [0.1, 0.15) is 5.82 Å². The van der Waals surface area contributed by atoms with Crippen molar-refractivity contribution in [1.29, 1.82) is 0 Å². The Labute approximate surface area is 253 Å². The number of hydrogen-bond acceptors (Lipinski definition) is 5. The Morgan fingerprint density at radius 3 is 2.27 bits per heavy atom. The summed E-state index contributed by atoms with van der Waals surface area (Å²) in [6.45, 7) is 1.73. The number of benzodiazepines with no additional fused rings is 1. The zero-order valence-electron chi connectivity index (χ0n) is 23.8. The predicted octanol–water partition coefficient (Wildman–Crippen LogP) is 5.87. The quantitative estimate of drug-likeness (QED) is 0.281. The summed E-state index contributed by atoms with van der Waals surface area (Å²) >= 11 is 1.26. The van der Waals surface area contributed by atoms with E-state index in [9.17, 15) is 45.1 Å². The average Bonchev–Trinajstić information content (AvgIpc) is 3.02. The largest absolute Gasteiger partial charge is 0.389 e. The van der Waals surface area contributed by atoms with Gasteiger partial charge in [0.2, 0.25) is 18.0 Å². The number of primary amides is 1. The van der Waals surface area contributed by atoms with Gasteiger partial charge in [-0.25, -0.2) is 9.38 Å². The highest BCUT2D eigenvalue weighted by Gasteiger charge is 2.40. The van der Waals surface area contributed by atoms with Crippen LogP contribution in [0.5, 0.6) is 0 Å². The Kier molecular flexibility index (Phi) is 11.4. The van der Waals surface area contributed by atoms with E-state index in [-0.39, 0.29) is 17.2 Å². The lowest BCUT2D eigenvalue weighted by Gasteiger charge is -2.28. The molecule has 0 fully saturated rings. The molecule has 3 rings (SSSR count). The lowest BCUT2D eigenvalue weighted by Crippen LogP contribution is -2.51. The number of fused-ring (bicyclic) bond motifs is 1. The Morgan fingerprint density at radius 1 is 1.02 bits per heavy atom. The monoisotopic (exact) mass is 648 g/mol. The van der Waals surface area contributed by atoms with E-state index in [0.717, 1.165) is 0 Å². The van der Waals surface area contributed by atoms with Gasteiger partial charge in [-0.1, -0.05) is 30.3 Å². The number of halogens is 7. The molecular formula is C29H31F7N4O3S. The molecule has 2 aromatic rings. The van der Waals surface area contributed by atoms with Crippen LogP contribution in [-0.2, 0) is 14.4 Å². The standard InChI is InChI=1S/C29H31F7N4O3S/c1-16-6-3-9-21-22(17-7-4-8-18(30)14-17)38-25(27(43)40(15-44-2)23(16)21)39-26(42)20(10-5-12-28(31,32)33)19(24(37)41)11-13-29(34,35)36/h3-4,6-9,14,19-20,25H,5,10-13,15H2,1-2H3,(H2,37,41)(H,39,42)/t19-,20+,25+/m0/s1. The maximum Gasteiger partial charge on any atom is 0.389 e. The zero-order valence-corrected chi connectivity index (χ0v) is 24.6. The Hall–Kier alpha value is -3.62. The highest BCUT2D eigenvalue weighted by atomic mass is 32.2. The van der Waals surface area contributed by atoms with Gasteiger partial charge < -0.3 is 11.1 Å². The van der Waals surface area contributed by atoms with E-state index >= 15 is 0 Å². The van der Waals surface area contributed by atoms with Crippen molar-refractivity contribution in [1.82, 2.24) is 5.32 Å². The van der Waals surface area contributed by atoms with Crippen molar-refractivity contribution in [3.05, 3.63) is 65.0 Å². The van der Waals surface area contributed by atoms with E-state index in [1.807, 2.05) is 0 Å². The molecular weight excluding hydrogens is 617 g/mol. The van der Waals surface area contributed by atoms with Gasteiger partial charge in [0.15, 0.2) is 0 Å². The van der Waals surface area contributed by atoms with E-state index < -0.39 is 86.0 Å². The average molecular weight is 649 g/mol. The third kappa shape index (κ3) is 9.19. The smallest absolute Gasteiger partial charge is 0.369 e. The van der Waals surface area contributed by atoms with Crippen LogP contribution in [0, 0.1) is 24.6 Å². The van der Waals surface area contributed by atoms with E-state index in [4.69, 9.17) is 5.73 Å². The Balaban J connectivity index is 2.09. The van der Waals surface area contributed by atoms with Crippen LogP contribution in [0.15, 0.2) is 47.5 Å². The van der Waals surface area contributed by atoms with Gasteiger partial charge in [-0.2, -0.15) is 26.3 Å². The van der Waals surface area contributed by atoms with Crippen LogP contribution in [-0.4, -0.2) is 54.1 Å². The molecule has 0 spiro atoms. The van der Waals surface area contributed by atoms with Crippen molar-refractivity contribution < 1.29 is 45.1 Å². The fourth-order valence-corrected chi connectivity index (χ4v) is 5.59. The number of aryl methyl sites for hydroxylation is 1. The van der Waals surface area contributed by atoms with Crippen LogP contribution in [0.25, 0.3) is 0 Å². The highest BCUT2D eigenvalue weighted by molar-refractivity contribution is 7.98. The first kappa shape index (κ1) is 34.9. The third-order valence-corrected chi connectivity index (χ3v) is 7.57. The molecule has 1 aliphatic rings. The minimum absolute atomic E-state index is 0.0828. The van der Waals surface area contributed by atoms with Crippen LogP contribution >= 0.6 is 11.8 Å². The molecule has 0 saturated heterocycles. The summed E-state index contributed by atoms with van der Waals surface area (Å²) in [4.78, 5) is 45.5. The molecule has 3 atom stereocenters. The summed E-state index contributed by atoms with van der Waals surface area (Å²) in [5.74, 6) is -7.25. The number of hydrogen-bond donors (Lipinski definition) is 2. The van der Waals surface area contributed by atoms with Gasteiger partial charge in [-0.15, -0.1) is 11.8 Å². The zero-order chi connectivity index (χ0) is 32.8. The second kappa shape index (κ2) is 14.4. The molecule has 3 N–H and O–H groups in total. The van der Waals surface area contributed by atoms with Crippen LogP contribution in [0.3, 0.4) is 0 Å². The lowest BCUT2D eigenvalue weighted by molar-refractivity contribution is -0.147. The Bertz CT molecular complexity index is 1400. The summed E-state index contributed by atoms with van der Waals surface area (Å²) in [6.07, 6.45) is -14.5. The minimum Gasteiger partial charge on any atom is -0.369 e. The van der Waals surface area contributed by atoms with E-state index in [2.05, 4.69) is 10.3 Å². The summed E-state index contributed by atoms with van der Waals surface area (Å²) in [7, 11) is 0. The number of alkyl halides is 6. The van der Waals surface area contributed by atoms with Crippen LogP contribution in [0.1, 0.15) is 48.8 Å². The second-order valence-corrected chi connectivity index (χ2v) is 11.2. The van der Waals surface area contributed by atoms with Gasteiger partial charge in [0, 0.05) is 35.8 Å². The van der Waals surface area contributed by atoms with Crippen molar-refractivity contribution in [3.63, 3.8) is 0 Å². The van der Waals surface area contributed by atoms with Crippen LogP contribution in [0.4, 0.5) is 36.4 Å². The molecule has 1 aliphatic heterocycles. The molecule has 15 heteroatoms. The van der Waals surface area contributed by atoms with Gasteiger partial charge in [-0.05, 0) is 50.1 Å². The number of amides is 3. The topological polar surface area (TPSA) is 105 Å². The van der Waals surface area contributed by atoms with Crippen molar-refractivity contribution in [3.8, 4) is 0 Å². The van der Waals surface area contributed by atoms with E-state index in [1.54, 1.807) is 31.4 Å². The number of para-hydroxylation sites is 1. The van der Waals surface area contributed by atoms with Crippen molar-refractivity contribution in [2.45, 2.75) is 57.5 Å². The minimum atomic E-state index is -4.73. The fraction of sp³-hybridized carbons (Fsp3) is 0.448. The molecule has 44 heavy (non-hydrogen) atoms. The maximum absolute atomic E-state index is 14.3. The molecule has 240 valence electrons. The number of carbonyl (C=O) groups excluding carboxylic acids is 3. The number of rotatable bonds is 12. The van der Waals surface area contributed by atoms with E-state index in [1.165, 1.54) is 40.9 Å². The first-order chi connectivity index (χ1) is 20.5. The first-order valence-corrected chi connectivity index (χ1v) is 14.9. The number of thioether (sulfide) groups is 1. The number of anilines is 1. The van der Waals surface area contributed by atoms with Crippen molar-refractivity contribution >= 4 is 40.9 Å². The molecule has 0 saturated carbocycles. The molecule has 0 unspecified atom stereocenters. The molecule has 2 aromatic carbocycles. The normalized spacial score (nSPS) is 16.9. The molecule has 0 aromatic heterocycles. The number of carbonyl (C=O) groups is 3. The molecule has 0 aliphatic carbocycles. The Morgan fingerprint density at radius 2 is 1.68 bits per heavy atom. The summed E-state index contributed by atoms with van der Waals surface area (Å²) in [5, 5.41) is 2.36. The van der Waals surface area contributed by atoms with E-state index in [0.29, 0.717) is 16.8 Å². The number of nitrogens with one attached hydrogen (secondary N) is 1. The second-order valence-electron chi connectivity index (χ2n) is 10.3. The molecule has 0 bridgehead atoms. The van der Waals surface area contributed by atoms with Gasteiger partial charge in [-0.3, -0.25) is 19.3 Å². The number of benzene rings is 2. The predicted molar refractivity (Wildman–Crippen MR) is 152 cm³/mol. The van der Waals surface area contributed by atoms with Gasteiger partial charge in [0.05, 0.1) is 17.3 Å². The van der Waals surface area contributed by atoms with Crippen molar-refractivity contribution in [2.24, 2.45) is 22.6 Å². The fourth-order valence-electron chi connectivity index (χ4n) is 5.08. The van der Waals surface area contributed by atoms with Crippen LogP contribution < -0.4 is 16.0 Å². The summed E-state index contributed by atoms with van der Waals surface area (Å²) in [6, 6.07) is 10.4. The summed E-state index contributed by atoms with van der Waals surface area (Å²) in [5.41, 5.74) is 7.20. The van der Waals surface area contributed by atoms with Gasteiger partial charge >= 0.3 is 12.4 Å². The summed E-state index contributed by atoms with van der Waals surface area (Å²) < 4.78 is 92.1. The highest BCUT2D eigenvalue weighted by Crippen LogP contribution is 2.34. The number of nitrogens with zero attached hydrogens (tertiary/aromatic N) is 2. The molecule has 7 nitrogen and oxygen atoms in total. The lowest BCUT2D eigenvalue weighted by atomic mass is 9.83. The first-order valence-electron chi connectivity index (χ1n) is 13.5. The molecule has 1 heterocycles. The third-order valence-electron chi connectivity index (χ3n) is 7.06. The molecule has 3 amide bonds. The number of aliphatic imine (C=N–C) groups is 1. The van der Waals surface area contributed by atoms with Crippen LogP contribution in [0.2, 0.25) is 0 Å². The molecule has 0 radical (unpaired) electrons.